The Balaban J connectivity index is 0.000000270. The minimum Gasteiger partial charge on any atom is -0.480 e. The highest BCUT2D eigenvalue weighted by molar-refractivity contribution is 6.13. The molecule has 37 heteroatoms. The highest BCUT2D eigenvalue weighted by Crippen LogP contribution is 2.20. The first-order valence-corrected chi connectivity index (χ1v) is 41.5. The fraction of sp³-hybridized carbons (Fsp3) is 0.593. The zero-order valence-corrected chi connectivity index (χ0v) is 73.3. The Kier molecular flexibility index (Phi) is 40.1. The summed E-state index contributed by atoms with van der Waals surface area (Å²) in [6.45, 7) is 36.5. The number of carboxylic acid groups (broad SMARTS) is 3. The molecular formula is C86H126N14O23. The van der Waals surface area contributed by atoms with Crippen molar-refractivity contribution in [2.45, 2.75) is 151 Å². The van der Waals surface area contributed by atoms with E-state index in [4.69, 9.17) is 34.6 Å². The van der Waals surface area contributed by atoms with E-state index in [2.05, 4.69) is 29.8 Å². The zero-order chi connectivity index (χ0) is 90.9. The Bertz CT molecular complexity index is 3980. The molecule has 0 unspecified atom stereocenters. The van der Waals surface area contributed by atoms with Gasteiger partial charge < -0.3 is 50.2 Å². The Hall–Kier alpha value is -10.4. The van der Waals surface area contributed by atoms with Gasteiger partial charge in [-0.15, -0.1) is 5.06 Å². The standard InChI is InChI=1S/C30H44N4O8.C26H41N3O6.C24H33N5O7.C6H8N2O2/c1-29(2,3)40-26(37)20-32-15-13-31(14-16-33(18-17-32)21-27(38)41-30(4,5)6)19-22-7-9-23(10-8-22)28(39)42-34-24(35)11-12-25(34)36;1-25(2,3)34-22(30)18-28-13-11-27(17-20-7-9-21(10-8-20)24(32)33)12-14-29(16-15-28)19-23(31)35-26(4,5)6;30-20-5-6-21(31)29(20)8-7-25-24(36)19-3-1-18(2-4-19)15-26-9-11-27(16-22(32)33)13-14-28(12-10-26)17-23(34)35;7-3-4-8-5(9)1-2-6(8)10/h7-10H,11-21H2,1-6H3;7-10H,11-19H2,1-6H3,(H,32,33);1-4H,5-17H2,(H,25,36)(H,32,33)(H,34,35);1-2H,3-4,7H2. The van der Waals surface area contributed by atoms with Crippen molar-refractivity contribution in [2.24, 2.45) is 5.73 Å². The van der Waals surface area contributed by atoms with Crippen LogP contribution in [-0.4, -0.2) is 369 Å². The van der Waals surface area contributed by atoms with Gasteiger partial charge in [0, 0.05) is 207 Å². The summed E-state index contributed by atoms with van der Waals surface area (Å²) in [5.74, 6) is -7.02. The molecule has 3 aromatic carbocycles. The molecule has 5 saturated heterocycles. The number of nitrogens with one attached hydrogen (secondary N) is 1. The molecule has 0 bridgehead atoms. The molecule has 6 N–H and O–H groups in total. The number of likely N-dealkylation sites (tertiary alicyclic amines) is 1. The van der Waals surface area contributed by atoms with Gasteiger partial charge in [-0.3, -0.25) is 116 Å². The number of carboxylic acids is 3. The van der Waals surface area contributed by atoms with Crippen LogP contribution in [0.4, 0.5) is 0 Å². The lowest BCUT2D eigenvalue weighted by atomic mass is 10.1. The molecule has 6 aliphatic rings. The molecule has 5 fully saturated rings. The highest BCUT2D eigenvalue weighted by Gasteiger charge is 2.35. The average molecular weight is 1720 g/mol. The Morgan fingerprint density at radius 2 is 0.618 bits per heavy atom. The predicted octanol–water partition coefficient (Wildman–Crippen LogP) is 2.52. The van der Waals surface area contributed by atoms with Gasteiger partial charge in [-0.2, -0.15) is 0 Å². The lowest BCUT2D eigenvalue weighted by Gasteiger charge is -2.27. The van der Waals surface area contributed by atoms with Crippen LogP contribution in [0.1, 0.15) is 157 Å². The third-order valence-electron chi connectivity index (χ3n) is 19.4. The van der Waals surface area contributed by atoms with Crippen LogP contribution in [0, 0.1) is 0 Å². The van der Waals surface area contributed by atoms with E-state index in [1.54, 1.807) is 48.5 Å². The van der Waals surface area contributed by atoms with E-state index in [9.17, 15) is 82.1 Å². The topological polar surface area (TPSA) is 440 Å². The third kappa shape index (κ3) is 39.4. The van der Waals surface area contributed by atoms with Gasteiger partial charge >= 0.3 is 47.8 Å². The number of amides is 7. The van der Waals surface area contributed by atoms with E-state index in [1.807, 2.05) is 127 Å². The van der Waals surface area contributed by atoms with Crippen LogP contribution >= 0.6 is 0 Å². The van der Waals surface area contributed by atoms with Crippen molar-refractivity contribution in [3.63, 3.8) is 0 Å². The van der Waals surface area contributed by atoms with Crippen molar-refractivity contribution in [1.29, 1.82) is 0 Å². The number of hydrogen-bond acceptors (Lipinski definition) is 30. The molecule has 6 aliphatic heterocycles. The fourth-order valence-corrected chi connectivity index (χ4v) is 13.4. The second-order valence-electron chi connectivity index (χ2n) is 34.6. The SMILES string of the molecule is CC(C)(C)OC(=O)CN1CCN(CC(=O)OC(C)(C)C)CCN(Cc2ccc(C(=O)O)cc2)CC1.CC(C)(C)OC(=O)CN1CCN(CC(=O)OC(C)(C)C)CCN(Cc2ccc(C(=O)ON3C(=O)CCC3=O)cc2)CC1.NCCN1C(=O)C=CC1=O.O=C(O)CN1CCN(CC(=O)O)CCN(Cc2ccc(C(=O)NCCN3C(=O)CCC3=O)cc2)CC1. The van der Waals surface area contributed by atoms with Crippen molar-refractivity contribution < 1.29 is 111 Å². The van der Waals surface area contributed by atoms with Gasteiger partial charge in [0.1, 0.15) is 22.4 Å². The largest absolute Gasteiger partial charge is 0.480 e. The monoisotopic (exact) mass is 1720 g/mol. The van der Waals surface area contributed by atoms with Crippen molar-refractivity contribution in [3.8, 4) is 0 Å². The van der Waals surface area contributed by atoms with Gasteiger partial charge in [-0.05, 0) is 136 Å². The van der Waals surface area contributed by atoms with Gasteiger partial charge in [0.05, 0.1) is 50.4 Å². The summed E-state index contributed by atoms with van der Waals surface area (Å²) in [5.41, 5.74) is 6.76. The second-order valence-corrected chi connectivity index (χ2v) is 34.6. The van der Waals surface area contributed by atoms with Crippen LogP contribution < -0.4 is 11.1 Å². The molecule has 0 saturated carbocycles. The molecule has 9 rings (SSSR count). The van der Waals surface area contributed by atoms with Gasteiger partial charge in [0.2, 0.25) is 11.8 Å². The summed E-state index contributed by atoms with van der Waals surface area (Å²) in [6.07, 6.45) is 3.01. The Morgan fingerprint density at radius 1 is 0.350 bits per heavy atom. The zero-order valence-electron chi connectivity index (χ0n) is 73.3. The van der Waals surface area contributed by atoms with Gasteiger partial charge in [-0.1, -0.05) is 36.4 Å². The molecular weight excluding hydrogens is 1600 g/mol. The number of carbonyl (C=O) groups is 15. The number of nitrogens with zero attached hydrogens (tertiary/aromatic N) is 12. The molecule has 6 heterocycles. The van der Waals surface area contributed by atoms with Crippen molar-refractivity contribution in [2.75, 3.05) is 183 Å². The van der Waals surface area contributed by atoms with Gasteiger partial charge in [-0.25, -0.2) is 9.59 Å². The molecule has 0 radical (unpaired) electrons. The van der Waals surface area contributed by atoms with E-state index in [-0.39, 0.29) is 143 Å². The first-order chi connectivity index (χ1) is 57.7. The molecule has 3 aromatic rings. The lowest BCUT2D eigenvalue weighted by Crippen LogP contribution is -2.42. The number of esters is 4. The minimum absolute atomic E-state index is 0.0330. The van der Waals surface area contributed by atoms with E-state index < -0.39 is 58.1 Å². The van der Waals surface area contributed by atoms with Crippen LogP contribution in [0.15, 0.2) is 84.9 Å². The predicted molar refractivity (Wildman–Crippen MR) is 449 cm³/mol. The van der Waals surface area contributed by atoms with Crippen molar-refractivity contribution in [1.82, 2.24) is 64.3 Å². The first kappa shape index (κ1) is 101. The Labute approximate surface area is 719 Å². The van der Waals surface area contributed by atoms with Crippen LogP contribution in [-0.2, 0) is 101 Å². The van der Waals surface area contributed by atoms with Crippen molar-refractivity contribution >= 4 is 89.1 Å². The normalized spacial score (nSPS) is 17.9. The van der Waals surface area contributed by atoms with E-state index in [1.165, 1.54) is 17.1 Å². The second kappa shape index (κ2) is 48.6. The number of aliphatic carboxylic acids is 2. The van der Waals surface area contributed by atoms with Crippen LogP contribution in [0.25, 0.3) is 0 Å². The summed E-state index contributed by atoms with van der Waals surface area (Å²) < 4.78 is 22.1. The van der Waals surface area contributed by atoms with Crippen LogP contribution in [0.3, 0.4) is 0 Å². The number of ether oxygens (including phenoxy) is 4. The van der Waals surface area contributed by atoms with E-state index >= 15 is 0 Å². The minimum atomic E-state index is -0.949. The molecule has 0 atom stereocenters. The fourth-order valence-electron chi connectivity index (χ4n) is 13.4. The summed E-state index contributed by atoms with van der Waals surface area (Å²) >= 11 is 0. The quantitative estimate of drug-likeness (QED) is 0.0416. The molecule has 7 amide bonds. The number of carbonyl (C=O) groups excluding carboxylic acids is 12. The summed E-state index contributed by atoms with van der Waals surface area (Å²) in [6, 6.07) is 20.8. The maximum absolute atomic E-state index is 12.6. The molecule has 0 aromatic heterocycles. The summed E-state index contributed by atoms with van der Waals surface area (Å²) in [5, 5.41) is 30.8. The molecule has 0 aliphatic carbocycles. The molecule has 123 heavy (non-hydrogen) atoms. The summed E-state index contributed by atoms with van der Waals surface area (Å²) in [4.78, 5) is 203. The number of benzene rings is 3. The van der Waals surface area contributed by atoms with Crippen LogP contribution in [0.5, 0.6) is 0 Å². The maximum atomic E-state index is 12.6. The third-order valence-corrected chi connectivity index (χ3v) is 19.4. The maximum Gasteiger partial charge on any atom is 0.363 e. The number of hydrogen-bond donors (Lipinski definition) is 5. The molecule has 37 nitrogen and oxygen atoms in total. The smallest absolute Gasteiger partial charge is 0.363 e. The molecule has 0 spiro atoms. The Morgan fingerprint density at radius 3 is 0.894 bits per heavy atom. The van der Waals surface area contributed by atoms with E-state index in [0.717, 1.165) is 34.7 Å². The number of nitrogens with two attached hydrogens (primary N) is 1. The van der Waals surface area contributed by atoms with Crippen LogP contribution in [0.2, 0.25) is 0 Å². The molecule has 678 valence electrons. The van der Waals surface area contributed by atoms with Gasteiger partial charge in [0.25, 0.3) is 29.5 Å². The summed E-state index contributed by atoms with van der Waals surface area (Å²) in [7, 11) is 0. The average Bonchev–Trinajstić information content (AvgIpc) is 1.17. The number of hydroxylamine groups is 2. The first-order valence-electron chi connectivity index (χ1n) is 41.5. The highest BCUT2D eigenvalue weighted by atomic mass is 16.7. The van der Waals surface area contributed by atoms with Gasteiger partial charge in [0.15, 0.2) is 0 Å². The number of aromatic carboxylic acids is 1. The number of rotatable bonds is 27. The van der Waals surface area contributed by atoms with Crippen molar-refractivity contribution in [3.05, 3.63) is 118 Å². The van der Waals surface area contributed by atoms with E-state index in [0.29, 0.717) is 148 Å². The lowest BCUT2D eigenvalue weighted by molar-refractivity contribution is -0.173. The number of imide groups is 3.